The fourth-order valence-corrected chi connectivity index (χ4v) is 10.8. The molecule has 2 heterocycles. The van der Waals surface area contributed by atoms with Crippen molar-refractivity contribution in [2.75, 3.05) is 4.90 Å². The summed E-state index contributed by atoms with van der Waals surface area (Å²) < 4.78 is 2.29. The summed E-state index contributed by atoms with van der Waals surface area (Å²) in [4.78, 5) is 13.4. The van der Waals surface area contributed by atoms with Crippen molar-refractivity contribution in [3.8, 4) is 50.6 Å². The average Bonchev–Trinajstić information content (AvgIpc) is 3.73. The maximum Gasteiger partial charge on any atom is 0.235 e. The quantitative estimate of drug-likeness (QED) is 0.160. The highest BCUT2D eigenvalue weighted by molar-refractivity contribution is 6.22. The molecular formula is C63H44N4. The van der Waals surface area contributed by atoms with Gasteiger partial charge < -0.3 is 4.90 Å². The molecule has 0 radical (unpaired) electrons. The van der Waals surface area contributed by atoms with Crippen molar-refractivity contribution in [1.29, 1.82) is 0 Å². The van der Waals surface area contributed by atoms with E-state index in [-0.39, 0.29) is 5.41 Å². The predicted octanol–water partition coefficient (Wildman–Crippen LogP) is 16.7. The molecule has 1 aliphatic carbocycles. The van der Waals surface area contributed by atoms with Crippen LogP contribution >= 0.6 is 0 Å². The first-order valence-corrected chi connectivity index (χ1v) is 23.1. The Morgan fingerprint density at radius 3 is 1.79 bits per heavy atom. The molecule has 0 unspecified atom stereocenters. The second-order valence-electron chi connectivity index (χ2n) is 18.2. The summed E-state index contributed by atoms with van der Waals surface area (Å²) in [5, 5.41) is 5.80. The minimum Gasteiger partial charge on any atom is -0.310 e. The molecule has 4 heteroatoms. The molecule has 1 aliphatic rings. The average molecular weight is 857 g/mol. The van der Waals surface area contributed by atoms with Crippen molar-refractivity contribution in [1.82, 2.24) is 14.5 Å². The standard InChI is InChI=1S/C63H44N4/c1-63(2)53-26-15-14-25-50(53)61-60-54(63)27-16-28-55(60)64-62(65-61)67-57-38-35-48(40-52(57)59-49-24-13-12-23-45(49)31-37-58(59)67)66(47-33-29-43(30-34-47)41-17-6-3-7-18-41)56-36-32-46(42-19-8-4-9-20-42)39-51(56)44-21-10-5-11-22-44/h3-40H,1-2H3. The molecule has 0 saturated carbocycles. The Morgan fingerprint density at radius 2 is 1.01 bits per heavy atom. The van der Waals surface area contributed by atoms with Crippen LogP contribution in [0.2, 0.25) is 0 Å². The number of aromatic nitrogens is 3. The summed E-state index contributed by atoms with van der Waals surface area (Å²) in [6.45, 7) is 4.63. The summed E-state index contributed by atoms with van der Waals surface area (Å²) in [5.74, 6) is 0.661. The van der Waals surface area contributed by atoms with Crippen molar-refractivity contribution in [3.05, 3.63) is 242 Å². The lowest BCUT2D eigenvalue weighted by Crippen LogP contribution is -2.24. The maximum absolute atomic E-state index is 5.57. The molecule has 12 aromatic rings. The largest absolute Gasteiger partial charge is 0.310 e. The molecule has 13 rings (SSSR count). The van der Waals surface area contributed by atoms with E-state index in [4.69, 9.17) is 9.97 Å². The Balaban J connectivity index is 1.08. The highest BCUT2D eigenvalue weighted by Crippen LogP contribution is 2.49. The zero-order chi connectivity index (χ0) is 44.6. The van der Waals surface area contributed by atoms with Gasteiger partial charge in [-0.2, -0.15) is 0 Å². The topological polar surface area (TPSA) is 34.0 Å². The van der Waals surface area contributed by atoms with E-state index in [9.17, 15) is 0 Å². The Morgan fingerprint density at radius 1 is 0.403 bits per heavy atom. The van der Waals surface area contributed by atoms with E-state index in [1.165, 1.54) is 49.5 Å². The summed E-state index contributed by atoms with van der Waals surface area (Å²) in [6.07, 6.45) is 0. The van der Waals surface area contributed by atoms with Crippen molar-refractivity contribution in [2.45, 2.75) is 19.3 Å². The van der Waals surface area contributed by atoms with Gasteiger partial charge in [-0.05, 0) is 104 Å². The van der Waals surface area contributed by atoms with Crippen LogP contribution in [0.25, 0.3) is 94.1 Å². The van der Waals surface area contributed by atoms with E-state index in [0.29, 0.717) is 5.95 Å². The number of fused-ring (bicyclic) bond motifs is 7. The summed E-state index contributed by atoms with van der Waals surface area (Å²) in [5.41, 5.74) is 17.7. The van der Waals surface area contributed by atoms with Crippen LogP contribution in [0.15, 0.2) is 231 Å². The van der Waals surface area contributed by atoms with Gasteiger partial charge in [-0.3, -0.25) is 4.57 Å². The molecule has 316 valence electrons. The van der Waals surface area contributed by atoms with Gasteiger partial charge in [0.05, 0.1) is 27.9 Å². The number of hydrogen-bond acceptors (Lipinski definition) is 3. The zero-order valence-corrected chi connectivity index (χ0v) is 37.2. The molecule has 0 amide bonds. The summed E-state index contributed by atoms with van der Waals surface area (Å²) >= 11 is 0. The Bertz CT molecular complexity index is 3870. The van der Waals surface area contributed by atoms with Crippen LogP contribution in [0.1, 0.15) is 25.0 Å². The molecule has 67 heavy (non-hydrogen) atoms. The highest BCUT2D eigenvalue weighted by atomic mass is 15.2. The van der Waals surface area contributed by atoms with Crippen molar-refractivity contribution >= 4 is 60.5 Å². The number of hydrogen-bond donors (Lipinski definition) is 0. The van der Waals surface area contributed by atoms with Gasteiger partial charge in [-0.1, -0.05) is 190 Å². The third-order valence-electron chi connectivity index (χ3n) is 14.0. The second-order valence-corrected chi connectivity index (χ2v) is 18.2. The second kappa shape index (κ2) is 15.3. The fourth-order valence-electron chi connectivity index (χ4n) is 10.8. The predicted molar refractivity (Wildman–Crippen MR) is 280 cm³/mol. The Hall–Kier alpha value is -8.60. The normalized spacial score (nSPS) is 12.7. The van der Waals surface area contributed by atoms with E-state index in [1.54, 1.807) is 0 Å². The molecule has 0 fully saturated rings. The van der Waals surface area contributed by atoms with Gasteiger partial charge >= 0.3 is 0 Å². The van der Waals surface area contributed by atoms with Crippen LogP contribution < -0.4 is 4.90 Å². The molecular weight excluding hydrogens is 813 g/mol. The third kappa shape index (κ3) is 6.21. The van der Waals surface area contributed by atoms with E-state index in [0.717, 1.165) is 66.8 Å². The lowest BCUT2D eigenvalue weighted by atomic mass is 9.70. The van der Waals surface area contributed by atoms with Crippen molar-refractivity contribution in [2.24, 2.45) is 0 Å². The number of rotatable bonds is 7. The lowest BCUT2D eigenvalue weighted by Gasteiger charge is -2.34. The number of anilines is 3. The van der Waals surface area contributed by atoms with E-state index < -0.39 is 0 Å². The SMILES string of the molecule is CC1(C)c2ccccc2-c2nc(-n3c4ccc(N(c5ccc(-c6ccccc6)cc5)c5ccc(-c6ccccc6)cc5-c5ccccc5)cc4c4c5ccccc5ccc43)nc3cccc1c23. The Labute approximate surface area is 389 Å². The molecule has 0 atom stereocenters. The van der Waals surface area contributed by atoms with Crippen LogP contribution in [0.5, 0.6) is 0 Å². The van der Waals surface area contributed by atoms with Crippen LogP contribution in [0, 0.1) is 0 Å². The molecule has 0 N–H and O–H groups in total. The molecule has 10 aromatic carbocycles. The van der Waals surface area contributed by atoms with E-state index >= 15 is 0 Å². The van der Waals surface area contributed by atoms with Gasteiger partial charge in [-0.15, -0.1) is 0 Å². The third-order valence-corrected chi connectivity index (χ3v) is 14.0. The maximum atomic E-state index is 5.57. The van der Waals surface area contributed by atoms with E-state index in [1.807, 2.05) is 0 Å². The number of nitrogens with zero attached hydrogens (tertiary/aromatic N) is 4. The van der Waals surface area contributed by atoms with Crippen LogP contribution in [0.3, 0.4) is 0 Å². The molecule has 2 aromatic heterocycles. The molecule has 0 saturated heterocycles. The van der Waals surface area contributed by atoms with Crippen LogP contribution in [-0.4, -0.2) is 14.5 Å². The molecule has 0 aliphatic heterocycles. The molecule has 0 bridgehead atoms. The van der Waals surface area contributed by atoms with Gasteiger partial charge in [0.1, 0.15) is 0 Å². The number of benzene rings is 10. The first kappa shape index (κ1) is 38.8. The van der Waals surface area contributed by atoms with E-state index in [2.05, 4.69) is 254 Å². The molecule has 4 nitrogen and oxygen atoms in total. The van der Waals surface area contributed by atoms with Gasteiger partial charge in [0.25, 0.3) is 0 Å². The smallest absolute Gasteiger partial charge is 0.235 e. The Kier molecular flexibility index (Phi) is 8.84. The first-order chi connectivity index (χ1) is 33.0. The van der Waals surface area contributed by atoms with Gasteiger partial charge in [0, 0.05) is 44.1 Å². The zero-order valence-electron chi connectivity index (χ0n) is 37.2. The van der Waals surface area contributed by atoms with Gasteiger partial charge in [0.15, 0.2) is 0 Å². The first-order valence-electron chi connectivity index (χ1n) is 23.1. The highest BCUT2D eigenvalue weighted by Gasteiger charge is 2.35. The van der Waals surface area contributed by atoms with Gasteiger partial charge in [0.2, 0.25) is 5.95 Å². The van der Waals surface area contributed by atoms with Crippen LogP contribution in [0.4, 0.5) is 17.1 Å². The fraction of sp³-hybridized carbons (Fsp3) is 0.0476. The van der Waals surface area contributed by atoms with Gasteiger partial charge in [-0.25, -0.2) is 9.97 Å². The van der Waals surface area contributed by atoms with Crippen LogP contribution in [-0.2, 0) is 5.41 Å². The molecule has 0 spiro atoms. The van der Waals surface area contributed by atoms with Crippen molar-refractivity contribution in [3.63, 3.8) is 0 Å². The minimum atomic E-state index is -0.188. The minimum absolute atomic E-state index is 0.188. The lowest BCUT2D eigenvalue weighted by molar-refractivity contribution is 0.643. The summed E-state index contributed by atoms with van der Waals surface area (Å²) in [7, 11) is 0. The van der Waals surface area contributed by atoms with Crippen molar-refractivity contribution < 1.29 is 0 Å². The summed E-state index contributed by atoms with van der Waals surface area (Å²) in [6, 6.07) is 83.4. The monoisotopic (exact) mass is 856 g/mol.